The first kappa shape index (κ1) is 18.5. The molecule has 0 bridgehead atoms. The van der Waals surface area contributed by atoms with Crippen LogP contribution in [0.5, 0.6) is 0 Å². The van der Waals surface area contributed by atoms with Crippen molar-refractivity contribution < 1.29 is 14.0 Å². The van der Waals surface area contributed by atoms with E-state index in [1.165, 1.54) is 5.57 Å². The van der Waals surface area contributed by atoms with Gasteiger partial charge in [-0.25, -0.2) is 4.39 Å². The fraction of sp³-hybridized carbons (Fsp3) is 0.727. The van der Waals surface area contributed by atoms with Crippen molar-refractivity contribution in [1.29, 1.82) is 0 Å². The molecular formula is C22H29FO2S. The number of thioether (sulfide) groups is 1. The Morgan fingerprint density at radius 2 is 2.04 bits per heavy atom. The Hall–Kier alpha value is -0.900. The van der Waals surface area contributed by atoms with Crippen LogP contribution in [0, 0.1) is 40.4 Å². The maximum Gasteiger partial charge on any atom is 0.195 e. The minimum atomic E-state index is -0.607. The second kappa shape index (κ2) is 6.32. The molecular weight excluding hydrogens is 347 g/mol. The van der Waals surface area contributed by atoms with E-state index in [0.717, 1.165) is 43.9 Å². The van der Waals surface area contributed by atoms with Gasteiger partial charge in [0, 0.05) is 11.3 Å². The second-order valence-corrected chi connectivity index (χ2v) is 10.3. The van der Waals surface area contributed by atoms with Crippen LogP contribution < -0.4 is 0 Å². The molecule has 0 aromatic heterocycles. The average molecular weight is 377 g/mol. The molecule has 7 atom stereocenters. The van der Waals surface area contributed by atoms with Crippen molar-refractivity contribution in [2.45, 2.75) is 52.9 Å². The number of rotatable bonds is 2. The van der Waals surface area contributed by atoms with Gasteiger partial charge >= 0.3 is 0 Å². The van der Waals surface area contributed by atoms with Gasteiger partial charge in [0.05, 0.1) is 0 Å². The highest BCUT2D eigenvalue weighted by Crippen LogP contribution is 2.67. The zero-order valence-corrected chi connectivity index (χ0v) is 16.8. The van der Waals surface area contributed by atoms with E-state index in [0.29, 0.717) is 23.7 Å². The summed E-state index contributed by atoms with van der Waals surface area (Å²) in [7, 11) is 0. The van der Waals surface area contributed by atoms with Gasteiger partial charge in [-0.05, 0) is 73.3 Å². The van der Waals surface area contributed by atoms with Gasteiger partial charge in [0.2, 0.25) is 0 Å². The third-order valence-corrected chi connectivity index (χ3v) is 9.04. The van der Waals surface area contributed by atoms with Crippen LogP contribution in [-0.2, 0) is 9.59 Å². The molecule has 0 amide bonds. The van der Waals surface area contributed by atoms with Crippen LogP contribution in [0.1, 0.15) is 52.9 Å². The van der Waals surface area contributed by atoms with E-state index in [1.54, 1.807) is 6.08 Å². The van der Waals surface area contributed by atoms with Gasteiger partial charge in [0.1, 0.15) is 6.01 Å². The quantitative estimate of drug-likeness (QED) is 0.652. The number of carbonyl (C=O) groups excluding carboxylic acids is 2. The Labute approximate surface area is 160 Å². The molecule has 0 aromatic rings. The first-order valence-electron chi connectivity index (χ1n) is 9.99. The van der Waals surface area contributed by atoms with Gasteiger partial charge < -0.3 is 0 Å². The molecule has 4 rings (SSSR count). The highest BCUT2D eigenvalue weighted by Gasteiger charge is 2.60. The van der Waals surface area contributed by atoms with Crippen LogP contribution >= 0.6 is 11.8 Å². The minimum Gasteiger partial charge on any atom is -0.290 e. The lowest BCUT2D eigenvalue weighted by atomic mass is 9.46. The van der Waals surface area contributed by atoms with Crippen LogP contribution in [0.3, 0.4) is 0 Å². The zero-order valence-electron chi connectivity index (χ0n) is 16.0. The number of allylic oxidation sites excluding steroid dienone is 4. The number of ketones is 1. The van der Waals surface area contributed by atoms with Crippen LogP contribution in [0.2, 0.25) is 0 Å². The molecule has 0 heterocycles. The SMILES string of the molecule is C[C@H]1C[C@H]2[C@@H]3CC[C@@H](C(=O)SCF)[C@@]3(C)CC[C@@H]2[C@@]2(C)C=CC(=O)C=C12. The topological polar surface area (TPSA) is 34.1 Å². The predicted molar refractivity (Wildman–Crippen MR) is 103 cm³/mol. The van der Waals surface area contributed by atoms with Crippen LogP contribution in [0.15, 0.2) is 23.8 Å². The molecule has 0 aliphatic heterocycles. The third-order valence-electron chi connectivity index (χ3n) is 8.36. The van der Waals surface area contributed by atoms with Gasteiger partial charge in [-0.3, -0.25) is 9.59 Å². The Morgan fingerprint density at radius 3 is 2.77 bits per heavy atom. The van der Waals surface area contributed by atoms with Gasteiger partial charge in [0.15, 0.2) is 10.9 Å². The van der Waals surface area contributed by atoms with Crippen LogP contribution in [0.25, 0.3) is 0 Å². The molecule has 0 aromatic carbocycles. The monoisotopic (exact) mass is 376 g/mol. The molecule has 3 fully saturated rings. The molecule has 4 aliphatic carbocycles. The smallest absolute Gasteiger partial charge is 0.195 e. The maximum atomic E-state index is 12.7. The molecule has 2 nitrogen and oxygen atoms in total. The van der Waals surface area contributed by atoms with Crippen molar-refractivity contribution >= 4 is 22.7 Å². The molecule has 3 saturated carbocycles. The summed E-state index contributed by atoms with van der Waals surface area (Å²) in [4.78, 5) is 24.5. The van der Waals surface area contributed by atoms with E-state index in [1.807, 2.05) is 6.08 Å². The summed E-state index contributed by atoms with van der Waals surface area (Å²) in [5.41, 5.74) is 1.31. The number of alkyl halides is 1. The molecule has 0 spiro atoms. The summed E-state index contributed by atoms with van der Waals surface area (Å²) >= 11 is 0.867. The Kier molecular flexibility index (Phi) is 4.49. The van der Waals surface area contributed by atoms with Gasteiger partial charge in [0.25, 0.3) is 0 Å². The maximum absolute atomic E-state index is 12.7. The number of hydrogen-bond donors (Lipinski definition) is 0. The van der Waals surface area contributed by atoms with Crippen molar-refractivity contribution in [3.8, 4) is 0 Å². The molecule has 0 saturated heterocycles. The summed E-state index contributed by atoms with van der Waals surface area (Å²) in [5, 5.41) is 0.0646. The molecule has 142 valence electrons. The third kappa shape index (κ3) is 2.51. The largest absolute Gasteiger partial charge is 0.290 e. The molecule has 26 heavy (non-hydrogen) atoms. The first-order valence-corrected chi connectivity index (χ1v) is 11.0. The summed E-state index contributed by atoms with van der Waals surface area (Å²) in [5.74, 6) is 2.23. The predicted octanol–water partition coefficient (Wildman–Crippen LogP) is 5.34. The number of halogens is 1. The Balaban J connectivity index is 1.66. The summed E-state index contributed by atoms with van der Waals surface area (Å²) in [6, 6.07) is -0.607. The standard InChI is InChI=1S/C22H29FO2S/c1-13-10-15-16-4-5-18(20(25)26-12-23)21(16,2)9-7-17(15)22(3)8-6-14(24)11-19(13)22/h6,8,11,13,15-18H,4-5,7,9-10,12H2,1-3H3/t13-,15-,16-,17-,18-,21-,22+/m0/s1. The van der Waals surface area contributed by atoms with E-state index in [4.69, 9.17) is 0 Å². The molecule has 4 heteroatoms. The lowest BCUT2D eigenvalue weighted by molar-refractivity contribution is -0.121. The summed E-state index contributed by atoms with van der Waals surface area (Å²) in [6.45, 7) is 6.87. The zero-order chi connectivity index (χ0) is 18.7. The molecule has 0 radical (unpaired) electrons. The van der Waals surface area contributed by atoms with Crippen molar-refractivity contribution in [2.24, 2.45) is 40.4 Å². The molecule has 0 N–H and O–H groups in total. The van der Waals surface area contributed by atoms with E-state index in [9.17, 15) is 14.0 Å². The fourth-order valence-electron chi connectivity index (χ4n) is 7.16. The number of hydrogen-bond acceptors (Lipinski definition) is 3. The van der Waals surface area contributed by atoms with Gasteiger partial charge in [-0.1, -0.05) is 44.2 Å². The lowest BCUT2D eigenvalue weighted by Crippen LogP contribution is -2.51. The first-order chi connectivity index (χ1) is 12.3. The number of carbonyl (C=O) groups is 2. The molecule has 0 unspecified atom stereocenters. The lowest BCUT2D eigenvalue weighted by Gasteiger charge is -2.58. The summed E-state index contributed by atoms with van der Waals surface area (Å²) in [6.07, 6.45) is 11.1. The van der Waals surface area contributed by atoms with E-state index in [-0.39, 0.29) is 27.6 Å². The van der Waals surface area contributed by atoms with Crippen molar-refractivity contribution in [3.05, 3.63) is 23.8 Å². The molecule has 4 aliphatic rings. The highest BCUT2D eigenvalue weighted by molar-refractivity contribution is 8.13. The average Bonchev–Trinajstić information content (AvgIpc) is 2.94. The second-order valence-electron chi connectivity index (χ2n) is 9.38. The van der Waals surface area contributed by atoms with E-state index >= 15 is 0 Å². The van der Waals surface area contributed by atoms with Crippen LogP contribution in [0.4, 0.5) is 4.39 Å². The minimum absolute atomic E-state index is 0.0118. The van der Waals surface area contributed by atoms with Crippen molar-refractivity contribution in [3.63, 3.8) is 0 Å². The Bertz CT molecular complexity index is 698. The van der Waals surface area contributed by atoms with Gasteiger partial charge in [-0.15, -0.1) is 0 Å². The Morgan fingerprint density at radius 1 is 1.27 bits per heavy atom. The fourth-order valence-corrected chi connectivity index (χ4v) is 7.85. The van der Waals surface area contributed by atoms with Crippen LogP contribution in [-0.4, -0.2) is 16.9 Å². The van der Waals surface area contributed by atoms with Crippen molar-refractivity contribution in [2.75, 3.05) is 6.01 Å². The highest BCUT2D eigenvalue weighted by atomic mass is 32.2. The summed E-state index contributed by atoms with van der Waals surface area (Å²) < 4.78 is 12.7. The van der Waals surface area contributed by atoms with Crippen molar-refractivity contribution in [1.82, 2.24) is 0 Å². The van der Waals surface area contributed by atoms with Gasteiger partial charge in [-0.2, -0.15) is 0 Å². The van der Waals surface area contributed by atoms with E-state index < -0.39 is 6.01 Å². The van der Waals surface area contributed by atoms with E-state index in [2.05, 4.69) is 26.8 Å². The number of fused-ring (bicyclic) bond motifs is 5. The normalized spacial score (nSPS) is 47.0.